The summed E-state index contributed by atoms with van der Waals surface area (Å²) in [6, 6.07) is 6.41. The summed E-state index contributed by atoms with van der Waals surface area (Å²) in [5.74, 6) is -0.181. The highest BCUT2D eigenvalue weighted by atomic mass is 19.1. The van der Waals surface area contributed by atoms with Crippen LogP contribution in [0, 0.1) is 5.82 Å². The maximum absolute atomic E-state index is 12.9. The zero-order chi connectivity index (χ0) is 13.2. The molecule has 4 heteroatoms. The van der Waals surface area contributed by atoms with E-state index in [2.05, 4.69) is 5.32 Å². The van der Waals surface area contributed by atoms with Gasteiger partial charge in [0.25, 0.3) is 0 Å². The number of nitrogens with one attached hydrogen (secondary N) is 1. The summed E-state index contributed by atoms with van der Waals surface area (Å²) in [6.07, 6.45) is 2.37. The van der Waals surface area contributed by atoms with Gasteiger partial charge in [0.1, 0.15) is 5.82 Å². The average molecular weight is 250 g/mol. The maximum atomic E-state index is 12.9. The lowest BCUT2D eigenvalue weighted by atomic mass is 10.0. The lowest BCUT2D eigenvalue weighted by Crippen LogP contribution is -2.36. The molecule has 0 heterocycles. The van der Waals surface area contributed by atoms with E-state index in [0.717, 1.165) is 24.9 Å². The van der Waals surface area contributed by atoms with Crippen molar-refractivity contribution in [3.05, 3.63) is 35.6 Å². The first-order chi connectivity index (χ1) is 8.52. The Balaban J connectivity index is 1.96. The molecule has 0 unspecified atom stereocenters. The molecule has 1 amide bonds. The molecule has 1 aliphatic carbocycles. The second kappa shape index (κ2) is 5.06. The molecule has 0 spiro atoms. The van der Waals surface area contributed by atoms with Crippen LogP contribution in [0.4, 0.5) is 4.39 Å². The van der Waals surface area contributed by atoms with E-state index in [1.54, 1.807) is 12.1 Å². The van der Waals surface area contributed by atoms with Crippen molar-refractivity contribution in [3.8, 4) is 0 Å². The summed E-state index contributed by atoms with van der Waals surface area (Å²) >= 11 is 0. The zero-order valence-corrected chi connectivity index (χ0v) is 10.9. The predicted octanol–water partition coefficient (Wildman–Crippen LogP) is 1.88. The Morgan fingerprint density at radius 3 is 2.44 bits per heavy atom. The summed E-state index contributed by atoms with van der Waals surface area (Å²) in [6.45, 7) is 0.741. The van der Waals surface area contributed by atoms with Crippen molar-refractivity contribution in [1.29, 1.82) is 0 Å². The van der Waals surface area contributed by atoms with Crippen LogP contribution in [-0.4, -0.2) is 31.4 Å². The third kappa shape index (κ3) is 3.07. The van der Waals surface area contributed by atoms with E-state index >= 15 is 0 Å². The van der Waals surface area contributed by atoms with Gasteiger partial charge in [-0.2, -0.15) is 0 Å². The highest BCUT2D eigenvalue weighted by molar-refractivity contribution is 5.77. The highest BCUT2D eigenvalue weighted by Gasteiger charge is 2.45. The van der Waals surface area contributed by atoms with Crippen molar-refractivity contribution in [2.75, 3.05) is 20.6 Å². The van der Waals surface area contributed by atoms with Crippen LogP contribution in [0.2, 0.25) is 0 Å². The van der Waals surface area contributed by atoms with E-state index < -0.39 is 0 Å². The van der Waals surface area contributed by atoms with Crippen LogP contribution < -0.4 is 5.32 Å². The number of carbonyl (C=O) groups excluding carboxylic acids is 1. The standard InChI is InChI=1S/C14H19FN2O/c1-17(2)10-7-13(18)16-14(8-9-14)11-3-5-12(15)6-4-11/h3-6H,7-10H2,1-2H3,(H,16,18). The molecular formula is C14H19FN2O. The third-order valence-corrected chi connectivity index (χ3v) is 3.31. The fraction of sp³-hybridized carbons (Fsp3) is 0.500. The second-order valence-electron chi connectivity index (χ2n) is 5.19. The SMILES string of the molecule is CN(C)CCC(=O)NC1(c2ccc(F)cc2)CC1. The molecule has 1 fully saturated rings. The maximum Gasteiger partial charge on any atom is 0.221 e. The van der Waals surface area contributed by atoms with Crippen LogP contribution in [0.5, 0.6) is 0 Å². The van der Waals surface area contributed by atoms with Gasteiger partial charge in [-0.05, 0) is 44.6 Å². The van der Waals surface area contributed by atoms with Crippen LogP contribution in [0.25, 0.3) is 0 Å². The summed E-state index contributed by atoms with van der Waals surface area (Å²) in [7, 11) is 3.89. The minimum absolute atomic E-state index is 0.0607. The number of hydrogen-bond acceptors (Lipinski definition) is 2. The monoisotopic (exact) mass is 250 g/mol. The van der Waals surface area contributed by atoms with Gasteiger partial charge in [-0.1, -0.05) is 12.1 Å². The third-order valence-electron chi connectivity index (χ3n) is 3.31. The van der Waals surface area contributed by atoms with E-state index in [0.29, 0.717) is 6.42 Å². The molecule has 18 heavy (non-hydrogen) atoms. The molecule has 0 aromatic heterocycles. The first kappa shape index (κ1) is 13.0. The van der Waals surface area contributed by atoms with Crippen molar-refractivity contribution < 1.29 is 9.18 Å². The lowest BCUT2D eigenvalue weighted by Gasteiger charge is -2.19. The molecule has 3 nitrogen and oxygen atoms in total. The molecule has 1 aromatic rings. The summed E-state index contributed by atoms with van der Waals surface area (Å²) in [5, 5.41) is 3.07. The minimum Gasteiger partial charge on any atom is -0.347 e. The smallest absolute Gasteiger partial charge is 0.221 e. The van der Waals surface area contributed by atoms with Gasteiger partial charge in [0.15, 0.2) is 0 Å². The molecule has 0 radical (unpaired) electrons. The van der Waals surface area contributed by atoms with E-state index in [1.807, 2.05) is 19.0 Å². The second-order valence-corrected chi connectivity index (χ2v) is 5.19. The molecule has 0 atom stereocenters. The van der Waals surface area contributed by atoms with E-state index in [-0.39, 0.29) is 17.3 Å². The fourth-order valence-corrected chi connectivity index (χ4v) is 2.03. The Morgan fingerprint density at radius 1 is 1.33 bits per heavy atom. The number of amides is 1. The molecule has 0 bridgehead atoms. The van der Waals surface area contributed by atoms with E-state index in [4.69, 9.17) is 0 Å². The van der Waals surface area contributed by atoms with Gasteiger partial charge in [0.05, 0.1) is 5.54 Å². The van der Waals surface area contributed by atoms with E-state index in [1.165, 1.54) is 12.1 Å². The number of halogens is 1. The molecule has 1 saturated carbocycles. The topological polar surface area (TPSA) is 32.3 Å². The number of benzene rings is 1. The molecule has 0 saturated heterocycles. The van der Waals surface area contributed by atoms with Gasteiger partial charge in [-0.15, -0.1) is 0 Å². The van der Waals surface area contributed by atoms with Gasteiger partial charge >= 0.3 is 0 Å². The van der Waals surface area contributed by atoms with Crippen molar-refractivity contribution in [2.24, 2.45) is 0 Å². The molecular weight excluding hydrogens is 231 g/mol. The van der Waals surface area contributed by atoms with Gasteiger partial charge < -0.3 is 10.2 Å². The summed E-state index contributed by atoms with van der Waals surface area (Å²) < 4.78 is 12.9. The van der Waals surface area contributed by atoms with Crippen LogP contribution in [0.3, 0.4) is 0 Å². The van der Waals surface area contributed by atoms with Gasteiger partial charge in [0.2, 0.25) is 5.91 Å². The van der Waals surface area contributed by atoms with E-state index in [9.17, 15) is 9.18 Å². The minimum atomic E-state index is -0.242. The molecule has 1 aliphatic rings. The Bertz CT molecular complexity index is 424. The van der Waals surface area contributed by atoms with Crippen LogP contribution >= 0.6 is 0 Å². The normalized spacial score (nSPS) is 16.7. The Kier molecular flexibility index (Phi) is 3.66. The molecule has 98 valence electrons. The predicted molar refractivity (Wildman–Crippen MR) is 68.6 cm³/mol. The molecule has 1 aromatic carbocycles. The Labute approximate surface area is 107 Å². The highest BCUT2D eigenvalue weighted by Crippen LogP contribution is 2.45. The Morgan fingerprint density at radius 2 is 1.94 bits per heavy atom. The van der Waals surface area contributed by atoms with Crippen LogP contribution in [0.15, 0.2) is 24.3 Å². The van der Waals surface area contributed by atoms with Crippen molar-refractivity contribution in [3.63, 3.8) is 0 Å². The summed E-state index contributed by atoms with van der Waals surface area (Å²) in [5.41, 5.74) is 0.763. The number of nitrogens with zero attached hydrogens (tertiary/aromatic N) is 1. The number of hydrogen-bond donors (Lipinski definition) is 1. The first-order valence-corrected chi connectivity index (χ1v) is 6.24. The molecule has 0 aliphatic heterocycles. The lowest BCUT2D eigenvalue weighted by molar-refractivity contribution is -0.122. The number of rotatable bonds is 5. The van der Waals surface area contributed by atoms with Crippen LogP contribution in [0.1, 0.15) is 24.8 Å². The zero-order valence-electron chi connectivity index (χ0n) is 10.9. The van der Waals surface area contributed by atoms with Gasteiger partial charge in [-0.25, -0.2) is 4.39 Å². The van der Waals surface area contributed by atoms with Gasteiger partial charge in [-0.3, -0.25) is 4.79 Å². The number of carbonyl (C=O) groups is 1. The van der Waals surface area contributed by atoms with Crippen LogP contribution in [-0.2, 0) is 10.3 Å². The first-order valence-electron chi connectivity index (χ1n) is 6.24. The quantitative estimate of drug-likeness (QED) is 0.865. The Hall–Kier alpha value is -1.42. The van der Waals surface area contributed by atoms with Crippen molar-refractivity contribution >= 4 is 5.91 Å². The largest absolute Gasteiger partial charge is 0.347 e. The summed E-state index contributed by atoms with van der Waals surface area (Å²) in [4.78, 5) is 13.8. The van der Waals surface area contributed by atoms with Crippen molar-refractivity contribution in [1.82, 2.24) is 10.2 Å². The fourth-order valence-electron chi connectivity index (χ4n) is 2.03. The van der Waals surface area contributed by atoms with Crippen molar-refractivity contribution in [2.45, 2.75) is 24.8 Å². The molecule has 2 rings (SSSR count). The molecule has 1 N–H and O–H groups in total. The average Bonchev–Trinajstić information content (AvgIpc) is 3.08. The van der Waals surface area contributed by atoms with Gasteiger partial charge in [0, 0.05) is 13.0 Å².